The van der Waals surface area contributed by atoms with Gasteiger partial charge in [0.2, 0.25) is 0 Å². The molecule has 1 aromatic carbocycles. The van der Waals surface area contributed by atoms with E-state index in [0.29, 0.717) is 9.50 Å². The van der Waals surface area contributed by atoms with Crippen molar-refractivity contribution in [2.45, 2.75) is 0 Å². The molecule has 0 saturated heterocycles. The van der Waals surface area contributed by atoms with Crippen LogP contribution in [0.4, 0.5) is 0 Å². The highest BCUT2D eigenvalue weighted by atomic mass is 79.9. The fourth-order valence-corrected chi connectivity index (χ4v) is 1.21. The summed E-state index contributed by atoms with van der Waals surface area (Å²) in [5.41, 5.74) is 0.238. The average molecular weight is 252 g/mol. The Bertz CT molecular complexity index is 394. The Morgan fingerprint density at radius 1 is 1.75 bits per heavy atom. The number of rotatable bonds is 1. The highest BCUT2D eigenvalue weighted by molar-refractivity contribution is 9.10. The molecule has 0 aliphatic carbocycles. The van der Waals surface area contributed by atoms with Gasteiger partial charge in [0, 0.05) is 21.1 Å². The van der Waals surface area contributed by atoms with Gasteiger partial charge in [0.1, 0.15) is 0 Å². The van der Waals surface area contributed by atoms with Crippen molar-refractivity contribution >= 4 is 33.4 Å². The maximum Gasteiger partial charge on any atom is 0.251 e. The van der Waals surface area contributed by atoms with Crippen molar-refractivity contribution in [3.05, 3.63) is 33.3 Å². The first-order valence-electron chi connectivity index (χ1n) is 4.57. The van der Waals surface area contributed by atoms with Gasteiger partial charge >= 0.3 is 0 Å². The molecule has 0 bridgehead atoms. The zero-order valence-electron chi connectivity index (χ0n) is 8.90. The quantitative estimate of drug-likeness (QED) is 0.816. The summed E-state index contributed by atoms with van der Waals surface area (Å²) in [5, 5.41) is 2.34. The van der Waals surface area contributed by atoms with E-state index in [4.69, 9.17) is 15.7 Å². The zero-order valence-corrected chi connectivity index (χ0v) is 8.24. The summed E-state index contributed by atoms with van der Waals surface area (Å²) in [6.07, 6.45) is 0. The molecule has 64 valence electrons. The van der Waals surface area contributed by atoms with E-state index in [-0.39, 0.29) is 5.56 Å². The molecule has 0 aliphatic heterocycles. The molecule has 0 fully saturated rings. The monoisotopic (exact) mass is 250 g/mol. The van der Waals surface area contributed by atoms with Gasteiger partial charge in [-0.05, 0) is 34.1 Å². The molecule has 1 rings (SSSR count). The van der Waals surface area contributed by atoms with E-state index in [1.54, 1.807) is 0 Å². The minimum Gasteiger partial charge on any atom is -0.355 e. The summed E-state index contributed by atoms with van der Waals surface area (Å²) in [5.74, 6) is -0.660. The number of carbonyl (C=O) groups is 1. The minimum absolute atomic E-state index is 0.238. The van der Waals surface area contributed by atoms with Crippen molar-refractivity contribution in [2.75, 3.05) is 6.98 Å². The van der Waals surface area contributed by atoms with Crippen LogP contribution in [0, 0.1) is 0 Å². The van der Waals surface area contributed by atoms with E-state index in [1.807, 2.05) is 5.32 Å². The number of hydrogen-bond acceptors (Lipinski definition) is 1. The number of nitrogens with one attached hydrogen (secondary N) is 1. The normalized spacial score (nSPS) is 14.3. The molecule has 12 heavy (non-hydrogen) atoms. The molecular formula is C8H7BrClNO. The SMILES string of the molecule is [2H]C([2H])([2H])NC(=O)c1ccc(Cl)c(Br)c1. The second-order valence-corrected chi connectivity index (χ2v) is 3.34. The summed E-state index contributed by atoms with van der Waals surface area (Å²) >= 11 is 8.87. The van der Waals surface area contributed by atoms with Gasteiger partial charge in [-0.15, -0.1) is 0 Å². The Morgan fingerprint density at radius 2 is 2.50 bits per heavy atom. The average Bonchev–Trinajstić information content (AvgIpc) is 2.06. The first-order valence-corrected chi connectivity index (χ1v) is 4.24. The van der Waals surface area contributed by atoms with Crippen molar-refractivity contribution < 1.29 is 8.91 Å². The molecule has 1 aromatic rings. The van der Waals surface area contributed by atoms with Crippen LogP contribution in [0.1, 0.15) is 14.5 Å². The molecule has 2 nitrogen and oxygen atoms in total. The largest absolute Gasteiger partial charge is 0.355 e. The first-order chi connectivity index (χ1) is 6.79. The topological polar surface area (TPSA) is 29.1 Å². The van der Waals surface area contributed by atoms with Gasteiger partial charge in [-0.25, -0.2) is 0 Å². The third-order valence-electron chi connectivity index (χ3n) is 1.30. The lowest BCUT2D eigenvalue weighted by atomic mass is 10.2. The summed E-state index contributed by atoms with van der Waals surface area (Å²) < 4.78 is 21.2. The van der Waals surface area contributed by atoms with E-state index in [9.17, 15) is 4.79 Å². The minimum atomic E-state index is -2.48. The van der Waals surface area contributed by atoms with E-state index in [1.165, 1.54) is 18.2 Å². The van der Waals surface area contributed by atoms with Crippen molar-refractivity contribution in [1.29, 1.82) is 0 Å². The molecule has 0 radical (unpaired) electrons. The Balaban J connectivity index is 2.88. The van der Waals surface area contributed by atoms with Crippen LogP contribution in [-0.2, 0) is 0 Å². The Kier molecular flexibility index (Phi) is 1.96. The summed E-state index contributed by atoms with van der Waals surface area (Å²) in [6.45, 7) is -2.48. The highest BCUT2D eigenvalue weighted by Crippen LogP contribution is 2.22. The van der Waals surface area contributed by atoms with Crippen molar-refractivity contribution in [3.8, 4) is 0 Å². The first kappa shape index (κ1) is 6.00. The van der Waals surface area contributed by atoms with Crippen LogP contribution < -0.4 is 5.32 Å². The third-order valence-corrected chi connectivity index (χ3v) is 2.51. The predicted octanol–water partition coefficient (Wildman–Crippen LogP) is 2.46. The third kappa shape index (κ3) is 1.99. The maximum absolute atomic E-state index is 11.4. The summed E-state index contributed by atoms with van der Waals surface area (Å²) in [7, 11) is 0. The van der Waals surface area contributed by atoms with Crippen LogP contribution in [0.15, 0.2) is 22.7 Å². The van der Waals surface area contributed by atoms with Crippen LogP contribution in [0.3, 0.4) is 0 Å². The molecule has 0 atom stereocenters. The molecule has 1 amide bonds. The van der Waals surface area contributed by atoms with Gasteiger partial charge in [-0.1, -0.05) is 11.6 Å². The zero-order chi connectivity index (χ0) is 11.6. The summed E-state index contributed by atoms with van der Waals surface area (Å²) in [4.78, 5) is 11.4. The molecule has 4 heteroatoms. The molecule has 0 unspecified atom stereocenters. The van der Waals surface area contributed by atoms with Crippen LogP contribution in [0.5, 0.6) is 0 Å². The van der Waals surface area contributed by atoms with Crippen LogP contribution in [-0.4, -0.2) is 12.9 Å². The fraction of sp³-hybridized carbons (Fsp3) is 0.125. The van der Waals surface area contributed by atoms with Crippen molar-refractivity contribution in [3.63, 3.8) is 0 Å². The molecule has 0 heterocycles. The molecule has 0 saturated carbocycles. The van der Waals surface area contributed by atoms with Gasteiger partial charge in [0.05, 0.1) is 5.02 Å². The van der Waals surface area contributed by atoms with Gasteiger partial charge in [0.25, 0.3) is 5.91 Å². The number of carbonyl (C=O) groups excluding carboxylic acids is 1. The second kappa shape index (κ2) is 3.92. The Labute approximate surface area is 88.3 Å². The standard InChI is InChI=1S/C8H7BrClNO/c1-11-8(12)5-2-3-7(10)6(9)4-5/h2-4H,1H3,(H,11,12)/i1D3. The van der Waals surface area contributed by atoms with Gasteiger partial charge in [0.15, 0.2) is 0 Å². The number of halogens is 2. The maximum atomic E-state index is 11.4. The molecule has 0 aromatic heterocycles. The lowest BCUT2D eigenvalue weighted by molar-refractivity contribution is 0.0963. The van der Waals surface area contributed by atoms with E-state index in [0.717, 1.165) is 0 Å². The Morgan fingerprint density at radius 3 is 3.08 bits per heavy atom. The predicted molar refractivity (Wildman–Crippen MR) is 52.5 cm³/mol. The van der Waals surface area contributed by atoms with Crippen molar-refractivity contribution in [2.24, 2.45) is 0 Å². The lowest BCUT2D eigenvalue weighted by Gasteiger charge is -2.00. The second-order valence-electron chi connectivity index (χ2n) is 2.08. The Hall–Kier alpha value is -0.540. The van der Waals surface area contributed by atoms with Gasteiger partial charge in [-0.3, -0.25) is 4.79 Å². The molecule has 1 N–H and O–H groups in total. The van der Waals surface area contributed by atoms with E-state index < -0.39 is 12.9 Å². The van der Waals surface area contributed by atoms with Crippen LogP contribution >= 0.6 is 27.5 Å². The number of benzene rings is 1. The van der Waals surface area contributed by atoms with Crippen LogP contribution in [0.2, 0.25) is 5.02 Å². The molecule has 0 spiro atoms. The smallest absolute Gasteiger partial charge is 0.251 e. The summed E-state index contributed by atoms with van der Waals surface area (Å²) in [6, 6.07) is 4.43. The molecule has 0 aliphatic rings. The molecular weight excluding hydrogens is 241 g/mol. The van der Waals surface area contributed by atoms with E-state index >= 15 is 0 Å². The van der Waals surface area contributed by atoms with Gasteiger partial charge < -0.3 is 5.32 Å². The van der Waals surface area contributed by atoms with Crippen LogP contribution in [0.25, 0.3) is 0 Å². The number of amides is 1. The number of hydrogen-bond donors (Lipinski definition) is 1. The van der Waals surface area contributed by atoms with Gasteiger partial charge in [-0.2, -0.15) is 0 Å². The van der Waals surface area contributed by atoms with E-state index in [2.05, 4.69) is 15.9 Å². The highest BCUT2D eigenvalue weighted by Gasteiger charge is 2.04. The lowest BCUT2D eigenvalue weighted by Crippen LogP contribution is -2.17. The van der Waals surface area contributed by atoms with Crippen molar-refractivity contribution in [1.82, 2.24) is 5.32 Å². The fourth-order valence-electron chi connectivity index (χ4n) is 0.710.